The summed E-state index contributed by atoms with van der Waals surface area (Å²) in [5.74, 6) is 2.01. The highest BCUT2D eigenvalue weighted by Crippen LogP contribution is 2.31. The molecule has 174 valence electrons. The maximum Gasteiger partial charge on any atom is 0.229 e. The average molecular weight is 449 g/mol. The lowest BCUT2D eigenvalue weighted by atomic mass is 10.1. The van der Waals surface area contributed by atoms with Crippen LogP contribution in [0, 0.1) is 0 Å². The highest BCUT2D eigenvalue weighted by Gasteiger charge is 2.23. The number of anilines is 4. The van der Waals surface area contributed by atoms with Crippen molar-refractivity contribution in [3.05, 3.63) is 48.2 Å². The zero-order valence-corrected chi connectivity index (χ0v) is 19.6. The van der Waals surface area contributed by atoms with Crippen molar-refractivity contribution in [3.8, 4) is 5.75 Å². The second kappa shape index (κ2) is 9.27. The minimum atomic E-state index is 0.555. The molecule has 3 aromatic rings. The van der Waals surface area contributed by atoms with Gasteiger partial charge in [-0.3, -0.25) is 4.90 Å². The van der Waals surface area contributed by atoms with Crippen molar-refractivity contribution in [2.45, 2.75) is 32.9 Å². The van der Waals surface area contributed by atoms with Gasteiger partial charge >= 0.3 is 0 Å². The number of imidazole rings is 1. The van der Waals surface area contributed by atoms with E-state index in [9.17, 15) is 0 Å². The summed E-state index contributed by atoms with van der Waals surface area (Å²) in [5, 5.41) is 3.35. The molecule has 9 heteroatoms. The van der Waals surface area contributed by atoms with Crippen LogP contribution in [0.1, 0.15) is 25.2 Å². The van der Waals surface area contributed by atoms with Crippen molar-refractivity contribution >= 4 is 23.1 Å². The van der Waals surface area contributed by atoms with Gasteiger partial charge in [0.2, 0.25) is 5.95 Å². The fraction of sp³-hybridized carbons (Fsp3) is 0.458. The molecule has 2 N–H and O–H groups in total. The van der Waals surface area contributed by atoms with E-state index in [1.807, 2.05) is 0 Å². The van der Waals surface area contributed by atoms with Crippen molar-refractivity contribution in [1.82, 2.24) is 24.8 Å². The van der Waals surface area contributed by atoms with E-state index in [1.54, 1.807) is 19.6 Å². The smallest absolute Gasteiger partial charge is 0.229 e. The van der Waals surface area contributed by atoms with E-state index in [0.29, 0.717) is 17.7 Å². The van der Waals surface area contributed by atoms with Gasteiger partial charge in [0.15, 0.2) is 11.6 Å². The third-order valence-electron chi connectivity index (χ3n) is 6.56. The fourth-order valence-corrected chi connectivity index (χ4v) is 4.57. The second-order valence-corrected chi connectivity index (χ2v) is 8.87. The second-order valence-electron chi connectivity index (χ2n) is 8.87. The van der Waals surface area contributed by atoms with E-state index in [-0.39, 0.29) is 0 Å². The molecule has 0 atom stereocenters. The molecule has 0 bridgehead atoms. The lowest BCUT2D eigenvalue weighted by Gasteiger charge is -2.38. The van der Waals surface area contributed by atoms with E-state index in [1.165, 1.54) is 5.69 Å². The SMILES string of the molecule is COc1cnc(Nc2ccc(N3CCN(C(C)C)CC3)cc2)nc1N1CCc2nc[nH]c2C1. The van der Waals surface area contributed by atoms with Gasteiger partial charge in [-0.05, 0) is 38.1 Å². The topological polar surface area (TPSA) is 85.4 Å². The first-order valence-electron chi connectivity index (χ1n) is 11.6. The molecular weight excluding hydrogens is 416 g/mol. The number of nitrogens with zero attached hydrogens (tertiary/aromatic N) is 6. The molecule has 0 unspecified atom stereocenters. The summed E-state index contributed by atoms with van der Waals surface area (Å²) in [6.45, 7) is 10.4. The Morgan fingerprint density at radius 3 is 2.52 bits per heavy atom. The van der Waals surface area contributed by atoms with Gasteiger partial charge in [-0.2, -0.15) is 4.98 Å². The number of piperazine rings is 1. The molecule has 0 spiro atoms. The molecule has 2 aromatic heterocycles. The number of benzene rings is 1. The van der Waals surface area contributed by atoms with Gasteiger partial charge in [0.25, 0.3) is 0 Å². The first-order valence-corrected chi connectivity index (χ1v) is 11.6. The molecule has 1 fully saturated rings. The average Bonchev–Trinajstić information content (AvgIpc) is 3.32. The maximum absolute atomic E-state index is 5.55. The number of aromatic amines is 1. The Morgan fingerprint density at radius 1 is 1.00 bits per heavy atom. The Morgan fingerprint density at radius 2 is 1.79 bits per heavy atom. The van der Waals surface area contributed by atoms with E-state index >= 15 is 0 Å². The van der Waals surface area contributed by atoms with E-state index < -0.39 is 0 Å². The lowest BCUT2D eigenvalue weighted by Crippen LogP contribution is -2.48. The van der Waals surface area contributed by atoms with Gasteiger partial charge in [0.05, 0.1) is 37.6 Å². The number of methoxy groups -OCH3 is 1. The molecule has 33 heavy (non-hydrogen) atoms. The van der Waals surface area contributed by atoms with Crippen molar-refractivity contribution in [3.63, 3.8) is 0 Å². The molecule has 9 nitrogen and oxygen atoms in total. The largest absolute Gasteiger partial charge is 0.491 e. The summed E-state index contributed by atoms with van der Waals surface area (Å²) >= 11 is 0. The Hall–Kier alpha value is -3.33. The summed E-state index contributed by atoms with van der Waals surface area (Å²) in [6.07, 6.45) is 4.36. The molecule has 5 rings (SSSR count). The normalized spacial score (nSPS) is 16.7. The first-order chi connectivity index (χ1) is 16.1. The highest BCUT2D eigenvalue weighted by atomic mass is 16.5. The van der Waals surface area contributed by atoms with Gasteiger partial charge in [-0.1, -0.05) is 0 Å². The molecule has 4 heterocycles. The van der Waals surface area contributed by atoms with Crippen LogP contribution >= 0.6 is 0 Å². The summed E-state index contributed by atoms with van der Waals surface area (Å²) in [4.78, 5) is 24.0. The van der Waals surface area contributed by atoms with Crippen LogP contribution in [0.25, 0.3) is 0 Å². The maximum atomic E-state index is 5.55. The summed E-state index contributed by atoms with van der Waals surface area (Å²) in [7, 11) is 1.65. The van der Waals surface area contributed by atoms with Crippen LogP contribution in [0.3, 0.4) is 0 Å². The number of rotatable bonds is 6. The molecule has 2 aliphatic rings. The Kier molecular flexibility index (Phi) is 6.04. The van der Waals surface area contributed by atoms with Gasteiger partial charge in [-0.25, -0.2) is 9.97 Å². The summed E-state index contributed by atoms with van der Waals surface area (Å²) in [6, 6.07) is 9.13. The zero-order valence-electron chi connectivity index (χ0n) is 19.6. The van der Waals surface area contributed by atoms with Gasteiger partial charge in [0.1, 0.15) is 0 Å². The molecule has 1 saturated heterocycles. The number of hydrogen-bond donors (Lipinski definition) is 2. The van der Waals surface area contributed by atoms with E-state index in [4.69, 9.17) is 9.72 Å². The molecule has 0 radical (unpaired) electrons. The molecule has 2 aliphatic heterocycles. The lowest BCUT2D eigenvalue weighted by molar-refractivity contribution is 0.209. The number of fused-ring (bicyclic) bond motifs is 1. The van der Waals surface area contributed by atoms with Crippen LogP contribution in [0.5, 0.6) is 5.75 Å². The fourth-order valence-electron chi connectivity index (χ4n) is 4.57. The predicted octanol–water partition coefficient (Wildman–Crippen LogP) is 3.05. The minimum Gasteiger partial charge on any atom is -0.491 e. The number of H-pyrrole nitrogens is 1. The number of hydrogen-bond acceptors (Lipinski definition) is 8. The van der Waals surface area contributed by atoms with Crippen LogP contribution in [0.2, 0.25) is 0 Å². The molecule has 0 amide bonds. The van der Waals surface area contributed by atoms with Gasteiger partial charge < -0.3 is 24.8 Å². The van der Waals surface area contributed by atoms with Gasteiger partial charge in [-0.15, -0.1) is 0 Å². The quantitative estimate of drug-likeness (QED) is 0.595. The van der Waals surface area contributed by atoms with Crippen molar-refractivity contribution in [2.24, 2.45) is 0 Å². The summed E-state index contributed by atoms with van der Waals surface area (Å²) < 4.78 is 5.55. The minimum absolute atomic E-state index is 0.555. The highest BCUT2D eigenvalue weighted by molar-refractivity contribution is 5.62. The summed E-state index contributed by atoms with van der Waals surface area (Å²) in [5.41, 5.74) is 4.47. The third-order valence-corrected chi connectivity index (χ3v) is 6.56. The Balaban J connectivity index is 1.27. The zero-order chi connectivity index (χ0) is 22.8. The van der Waals surface area contributed by atoms with Crippen LogP contribution in [0.4, 0.5) is 23.1 Å². The van der Waals surface area contributed by atoms with Crippen molar-refractivity contribution < 1.29 is 4.74 Å². The number of aromatic nitrogens is 4. The number of nitrogens with one attached hydrogen (secondary N) is 2. The molecule has 0 aliphatic carbocycles. The van der Waals surface area contributed by atoms with Crippen LogP contribution in [-0.4, -0.2) is 70.7 Å². The standard InChI is InChI=1S/C24H32N8O/c1-17(2)30-10-12-31(13-11-30)19-6-4-18(5-7-19)28-24-25-14-22(33-3)23(29-24)32-9-8-20-21(15-32)27-16-26-20/h4-7,14,16-17H,8-13,15H2,1-3H3,(H,26,27)(H,25,28,29). The van der Waals surface area contributed by atoms with Crippen molar-refractivity contribution in [1.29, 1.82) is 0 Å². The number of ether oxygens (including phenoxy) is 1. The van der Waals surface area contributed by atoms with E-state index in [2.05, 4.69) is 73.1 Å². The van der Waals surface area contributed by atoms with E-state index in [0.717, 1.165) is 68.6 Å². The van der Waals surface area contributed by atoms with Crippen molar-refractivity contribution in [2.75, 3.05) is 55.0 Å². The first kappa shape index (κ1) is 21.5. The molecule has 0 saturated carbocycles. The monoisotopic (exact) mass is 448 g/mol. The van der Waals surface area contributed by atoms with Crippen LogP contribution in [-0.2, 0) is 13.0 Å². The van der Waals surface area contributed by atoms with Crippen LogP contribution < -0.4 is 19.9 Å². The molecule has 1 aromatic carbocycles. The Labute approximate surface area is 194 Å². The van der Waals surface area contributed by atoms with Crippen LogP contribution in [0.15, 0.2) is 36.8 Å². The Bertz CT molecular complexity index is 1070. The predicted molar refractivity (Wildman–Crippen MR) is 131 cm³/mol. The van der Waals surface area contributed by atoms with Gasteiger partial charge in [0, 0.05) is 56.6 Å². The molecular formula is C24H32N8O. The third kappa shape index (κ3) is 4.59.